The first kappa shape index (κ1) is 16.8. The van der Waals surface area contributed by atoms with Crippen LogP contribution in [0.3, 0.4) is 0 Å². The Bertz CT molecular complexity index is 680. The van der Waals surface area contributed by atoms with Crippen molar-refractivity contribution in [2.24, 2.45) is 0 Å². The minimum atomic E-state index is -0.0435. The monoisotopic (exact) mass is 314 g/mol. The number of aryl methyl sites for hydroxylation is 1. The molecule has 5 heteroatoms. The van der Waals surface area contributed by atoms with Crippen molar-refractivity contribution in [3.05, 3.63) is 64.6 Å². The average Bonchev–Trinajstić information content (AvgIpc) is 2.55. The molecule has 1 aromatic carbocycles. The molecule has 0 unspecified atom stereocenters. The summed E-state index contributed by atoms with van der Waals surface area (Å²) in [5, 5.41) is 2.84. The predicted octanol–water partition coefficient (Wildman–Crippen LogP) is 2.13. The lowest BCUT2D eigenvalue weighted by atomic mass is 10.3. The fourth-order valence-corrected chi connectivity index (χ4v) is 2.24. The maximum atomic E-state index is 11.7. The summed E-state index contributed by atoms with van der Waals surface area (Å²) in [4.78, 5) is 23.4. The number of amides is 1. The molecule has 0 bridgehead atoms. The van der Waals surface area contributed by atoms with E-state index in [9.17, 15) is 9.59 Å². The van der Waals surface area contributed by atoms with Crippen molar-refractivity contribution in [3.63, 3.8) is 0 Å². The topological polar surface area (TPSA) is 60.3 Å². The Labute approximate surface area is 135 Å². The van der Waals surface area contributed by atoms with Crippen LogP contribution in [0.1, 0.15) is 18.5 Å². The molecule has 0 fully saturated rings. The second-order valence-corrected chi connectivity index (χ2v) is 5.27. The van der Waals surface area contributed by atoms with Gasteiger partial charge in [0.05, 0.1) is 13.0 Å². The van der Waals surface area contributed by atoms with Gasteiger partial charge in [-0.3, -0.25) is 9.59 Å². The number of hydrogen-bond acceptors (Lipinski definition) is 3. The maximum absolute atomic E-state index is 11.7. The Kier molecular flexibility index (Phi) is 6.41. The number of nitrogens with one attached hydrogen (secondary N) is 1. The molecular formula is C18H22N2O3. The first-order valence-electron chi connectivity index (χ1n) is 7.78. The Balaban J connectivity index is 1.62. The van der Waals surface area contributed by atoms with Gasteiger partial charge in [-0.2, -0.15) is 0 Å². The lowest BCUT2D eigenvalue weighted by Gasteiger charge is -2.10. The predicted molar refractivity (Wildman–Crippen MR) is 89.6 cm³/mol. The lowest BCUT2D eigenvalue weighted by molar-refractivity contribution is -0.121. The smallest absolute Gasteiger partial charge is 0.250 e. The van der Waals surface area contributed by atoms with Crippen LogP contribution in [-0.4, -0.2) is 23.6 Å². The molecule has 0 atom stereocenters. The molecule has 1 aromatic heterocycles. The summed E-state index contributed by atoms with van der Waals surface area (Å²) < 4.78 is 7.19. The highest BCUT2D eigenvalue weighted by molar-refractivity contribution is 5.75. The third kappa shape index (κ3) is 5.62. The minimum absolute atomic E-state index is 0.00686. The normalized spacial score (nSPS) is 10.3. The second kappa shape index (κ2) is 8.78. The lowest BCUT2D eigenvalue weighted by Crippen LogP contribution is -2.28. The summed E-state index contributed by atoms with van der Waals surface area (Å²) in [5.74, 6) is 0.720. The van der Waals surface area contributed by atoms with Crippen LogP contribution in [0.4, 0.5) is 0 Å². The van der Waals surface area contributed by atoms with E-state index in [2.05, 4.69) is 5.32 Å². The third-order valence-electron chi connectivity index (χ3n) is 3.49. The van der Waals surface area contributed by atoms with Crippen LogP contribution in [-0.2, 0) is 11.3 Å². The molecule has 122 valence electrons. The van der Waals surface area contributed by atoms with E-state index in [1.54, 1.807) is 16.7 Å². The van der Waals surface area contributed by atoms with E-state index >= 15 is 0 Å². The van der Waals surface area contributed by atoms with Gasteiger partial charge in [0, 0.05) is 24.8 Å². The van der Waals surface area contributed by atoms with Gasteiger partial charge in [-0.1, -0.05) is 24.3 Å². The zero-order valence-electron chi connectivity index (χ0n) is 13.3. The molecule has 2 rings (SSSR count). The number of benzene rings is 1. The summed E-state index contributed by atoms with van der Waals surface area (Å²) in [6, 6.07) is 14.6. The Morgan fingerprint density at radius 2 is 1.91 bits per heavy atom. The van der Waals surface area contributed by atoms with Gasteiger partial charge in [0.1, 0.15) is 5.75 Å². The van der Waals surface area contributed by atoms with Gasteiger partial charge in [-0.05, 0) is 31.5 Å². The Morgan fingerprint density at radius 1 is 1.13 bits per heavy atom. The van der Waals surface area contributed by atoms with Crippen LogP contribution in [0.5, 0.6) is 5.75 Å². The van der Waals surface area contributed by atoms with Crippen molar-refractivity contribution < 1.29 is 9.53 Å². The maximum Gasteiger partial charge on any atom is 0.250 e. The molecule has 2 aromatic rings. The SMILES string of the molecule is Cc1cccc(=O)n1CCCNC(=O)CCOc1ccccc1. The molecule has 0 spiro atoms. The molecular weight excluding hydrogens is 292 g/mol. The van der Waals surface area contributed by atoms with Crippen molar-refractivity contribution in [2.75, 3.05) is 13.2 Å². The molecule has 0 saturated heterocycles. The number of carbonyl (C=O) groups excluding carboxylic acids is 1. The van der Waals surface area contributed by atoms with E-state index in [0.717, 1.165) is 17.9 Å². The Hall–Kier alpha value is -2.56. The summed E-state index contributed by atoms with van der Waals surface area (Å²) in [6.07, 6.45) is 1.04. The number of para-hydroxylation sites is 1. The van der Waals surface area contributed by atoms with E-state index in [0.29, 0.717) is 26.1 Å². The van der Waals surface area contributed by atoms with Crippen molar-refractivity contribution in [2.45, 2.75) is 26.3 Å². The number of carbonyl (C=O) groups is 1. The molecule has 1 N–H and O–H groups in total. The molecule has 1 amide bonds. The molecule has 1 heterocycles. The Morgan fingerprint density at radius 3 is 2.65 bits per heavy atom. The van der Waals surface area contributed by atoms with E-state index in [1.807, 2.05) is 43.3 Å². The van der Waals surface area contributed by atoms with Crippen molar-refractivity contribution in [1.29, 1.82) is 0 Å². The molecule has 0 aliphatic carbocycles. The van der Waals surface area contributed by atoms with Gasteiger partial charge in [-0.15, -0.1) is 0 Å². The average molecular weight is 314 g/mol. The molecule has 23 heavy (non-hydrogen) atoms. The zero-order chi connectivity index (χ0) is 16.5. The number of pyridine rings is 1. The van der Waals surface area contributed by atoms with Crippen LogP contribution < -0.4 is 15.6 Å². The highest BCUT2D eigenvalue weighted by Crippen LogP contribution is 2.08. The molecule has 0 saturated carbocycles. The van der Waals surface area contributed by atoms with Crippen LogP contribution >= 0.6 is 0 Å². The highest BCUT2D eigenvalue weighted by Gasteiger charge is 2.03. The van der Waals surface area contributed by atoms with Crippen LogP contribution in [0, 0.1) is 6.92 Å². The minimum Gasteiger partial charge on any atom is -0.493 e. The number of aromatic nitrogens is 1. The van der Waals surface area contributed by atoms with Gasteiger partial charge in [0.25, 0.3) is 5.56 Å². The third-order valence-corrected chi connectivity index (χ3v) is 3.49. The van der Waals surface area contributed by atoms with Crippen molar-refractivity contribution in [3.8, 4) is 5.75 Å². The fourth-order valence-electron chi connectivity index (χ4n) is 2.24. The largest absolute Gasteiger partial charge is 0.493 e. The first-order valence-corrected chi connectivity index (χ1v) is 7.78. The number of nitrogens with zero attached hydrogens (tertiary/aromatic N) is 1. The van der Waals surface area contributed by atoms with Gasteiger partial charge in [0.2, 0.25) is 5.91 Å². The van der Waals surface area contributed by atoms with Gasteiger partial charge >= 0.3 is 0 Å². The van der Waals surface area contributed by atoms with Crippen LogP contribution in [0.2, 0.25) is 0 Å². The first-order chi connectivity index (χ1) is 11.2. The van der Waals surface area contributed by atoms with Crippen LogP contribution in [0.15, 0.2) is 53.3 Å². The van der Waals surface area contributed by atoms with E-state index in [1.165, 1.54) is 0 Å². The number of hydrogen-bond donors (Lipinski definition) is 1. The van der Waals surface area contributed by atoms with Gasteiger partial charge in [-0.25, -0.2) is 0 Å². The number of rotatable bonds is 8. The molecule has 0 aliphatic heterocycles. The van der Waals surface area contributed by atoms with Gasteiger partial charge in [0.15, 0.2) is 0 Å². The van der Waals surface area contributed by atoms with E-state index < -0.39 is 0 Å². The zero-order valence-corrected chi connectivity index (χ0v) is 13.3. The van der Waals surface area contributed by atoms with Crippen LogP contribution in [0.25, 0.3) is 0 Å². The van der Waals surface area contributed by atoms with Crippen molar-refractivity contribution in [1.82, 2.24) is 9.88 Å². The fraction of sp³-hybridized carbons (Fsp3) is 0.333. The van der Waals surface area contributed by atoms with E-state index in [-0.39, 0.29) is 11.5 Å². The number of ether oxygens (including phenoxy) is 1. The van der Waals surface area contributed by atoms with Gasteiger partial charge < -0.3 is 14.6 Å². The molecule has 0 aliphatic rings. The summed E-state index contributed by atoms with van der Waals surface area (Å²) in [6.45, 7) is 3.41. The van der Waals surface area contributed by atoms with Crippen molar-refractivity contribution >= 4 is 5.91 Å². The quantitative estimate of drug-likeness (QED) is 0.759. The van der Waals surface area contributed by atoms with E-state index in [4.69, 9.17) is 4.74 Å². The molecule has 0 radical (unpaired) electrons. The highest BCUT2D eigenvalue weighted by atomic mass is 16.5. The standard InChI is InChI=1S/C18H22N2O3/c1-15-7-5-10-18(22)20(15)13-6-12-19-17(21)11-14-23-16-8-3-2-4-9-16/h2-5,7-10H,6,11-14H2,1H3,(H,19,21). The molecule has 5 nitrogen and oxygen atoms in total. The summed E-state index contributed by atoms with van der Waals surface area (Å²) in [7, 11) is 0. The second-order valence-electron chi connectivity index (χ2n) is 5.27. The summed E-state index contributed by atoms with van der Waals surface area (Å²) in [5.41, 5.74) is 0.924. The summed E-state index contributed by atoms with van der Waals surface area (Å²) >= 11 is 0.